The van der Waals surface area contributed by atoms with Crippen LogP contribution < -0.4 is 0 Å². The first kappa shape index (κ1) is 18.7. The summed E-state index contributed by atoms with van der Waals surface area (Å²) in [6.07, 6.45) is -2.58. The predicted octanol–water partition coefficient (Wildman–Crippen LogP) is 3.50. The number of carboxylic acids is 1. The number of rotatable bonds is 5. The average molecular weight is 367 g/mol. The summed E-state index contributed by atoms with van der Waals surface area (Å²) < 4.78 is 38.4. The number of halogens is 3. The number of carbonyl (C=O) groups is 1. The lowest BCUT2D eigenvalue weighted by molar-refractivity contribution is -0.140. The molecule has 0 aliphatic heterocycles. The summed E-state index contributed by atoms with van der Waals surface area (Å²) >= 11 is 0. The van der Waals surface area contributed by atoms with Gasteiger partial charge in [0.15, 0.2) is 6.04 Å². The Morgan fingerprint density at radius 1 is 1.28 bits per heavy atom. The molecule has 0 amide bonds. The van der Waals surface area contributed by atoms with Gasteiger partial charge >= 0.3 is 12.1 Å². The highest BCUT2D eigenvalue weighted by atomic mass is 31.0. The highest BCUT2D eigenvalue weighted by molar-refractivity contribution is 7.20. The third kappa shape index (κ3) is 4.93. The van der Waals surface area contributed by atoms with Gasteiger partial charge < -0.3 is 5.11 Å². The van der Waals surface area contributed by atoms with Gasteiger partial charge in [-0.2, -0.15) is 23.4 Å². The largest absolute Gasteiger partial charge is 0.479 e. The monoisotopic (exact) mass is 367 g/mol. The zero-order valence-electron chi connectivity index (χ0n) is 12.7. The lowest BCUT2D eigenvalue weighted by Crippen LogP contribution is -2.16. The topological polar surface area (TPSA) is 75.4 Å². The number of carboxylic acid groups (broad SMARTS) is 1. The first-order chi connectivity index (χ1) is 11.8. The molecule has 2 unspecified atom stereocenters. The van der Waals surface area contributed by atoms with Gasteiger partial charge in [-0.05, 0) is 17.7 Å². The Morgan fingerprint density at radius 3 is 2.52 bits per heavy atom. The first-order valence-corrected chi connectivity index (χ1v) is 7.63. The van der Waals surface area contributed by atoms with E-state index in [-0.39, 0.29) is 0 Å². The zero-order chi connectivity index (χ0) is 18.4. The minimum atomic E-state index is -4.65. The van der Waals surface area contributed by atoms with Gasteiger partial charge in [0.05, 0.1) is 23.2 Å². The maximum atomic E-state index is 12.8. The summed E-state index contributed by atoms with van der Waals surface area (Å²) in [6.45, 7) is 0. The van der Waals surface area contributed by atoms with Gasteiger partial charge in [-0.1, -0.05) is 36.1 Å². The molecule has 25 heavy (non-hydrogen) atoms. The molecule has 1 N–H and O–H groups in total. The molecule has 2 rings (SSSR count). The molecule has 0 bridgehead atoms. The van der Waals surface area contributed by atoms with Crippen molar-refractivity contribution >= 4 is 20.9 Å². The van der Waals surface area contributed by atoms with Crippen molar-refractivity contribution in [3.63, 3.8) is 0 Å². The maximum absolute atomic E-state index is 12.8. The fourth-order valence-corrected chi connectivity index (χ4v) is 2.15. The van der Waals surface area contributed by atoms with Crippen LogP contribution in [0.2, 0.25) is 0 Å². The van der Waals surface area contributed by atoms with Gasteiger partial charge in [-0.3, -0.25) is 4.99 Å². The minimum absolute atomic E-state index is 0.294. The normalized spacial score (nSPS) is 13.8. The second kappa shape index (κ2) is 7.98. The third-order valence-electron chi connectivity index (χ3n) is 3.11. The van der Waals surface area contributed by atoms with E-state index in [1.54, 1.807) is 36.1 Å². The molecule has 1 heterocycles. The van der Waals surface area contributed by atoms with Crippen molar-refractivity contribution in [1.82, 2.24) is 10.2 Å². The Morgan fingerprint density at radius 2 is 1.96 bits per heavy atom. The van der Waals surface area contributed by atoms with E-state index in [1.807, 2.05) is 0 Å². The fraction of sp³-hybridized carbons (Fsp3) is 0.125. The number of alkyl halides is 3. The molecule has 130 valence electrons. The zero-order valence-corrected chi connectivity index (χ0v) is 13.8. The van der Waals surface area contributed by atoms with Crippen molar-refractivity contribution in [2.75, 3.05) is 0 Å². The summed E-state index contributed by atoms with van der Waals surface area (Å²) in [5, 5.41) is 16.2. The molecule has 2 aromatic rings. The molecule has 0 aliphatic rings. The van der Waals surface area contributed by atoms with Crippen LogP contribution in [-0.2, 0) is 11.0 Å². The van der Waals surface area contributed by atoms with E-state index in [0.29, 0.717) is 23.5 Å². The van der Waals surface area contributed by atoms with Crippen LogP contribution in [-0.4, -0.2) is 27.0 Å². The van der Waals surface area contributed by atoms with E-state index in [2.05, 4.69) is 24.4 Å². The Kier molecular flexibility index (Phi) is 5.98. The molecule has 0 saturated carbocycles. The molecule has 1 aromatic heterocycles. The van der Waals surface area contributed by atoms with E-state index in [1.165, 1.54) is 6.08 Å². The Labute approximate surface area is 143 Å². The summed E-state index contributed by atoms with van der Waals surface area (Å²) in [5.41, 5.74) is -0.565. The van der Waals surface area contributed by atoms with Gasteiger partial charge in [-0.25, -0.2) is 4.79 Å². The molecule has 5 nitrogen and oxygen atoms in total. The smallest absolute Gasteiger partial charge is 0.418 e. The number of aromatic nitrogens is 2. The van der Waals surface area contributed by atoms with E-state index >= 15 is 0 Å². The molecule has 0 aliphatic carbocycles. The molecule has 9 heteroatoms. The lowest BCUT2D eigenvalue weighted by Gasteiger charge is -2.11. The van der Waals surface area contributed by atoms with Crippen LogP contribution in [0.1, 0.15) is 22.9 Å². The second-order valence-corrected chi connectivity index (χ2v) is 5.23. The standard InChI is InChI=1S/C16H13F3N3O2P/c17-16(18,19)11-8-13(22-20-9-11)14(15(23)24)21-12(6-7-25)10-4-2-1-3-5-10/h1-9,14H,25H2,(H,23,24)/b7-6-,21-12?. The van der Waals surface area contributed by atoms with Crippen molar-refractivity contribution in [1.29, 1.82) is 0 Å². The van der Waals surface area contributed by atoms with Gasteiger partial charge in [0.25, 0.3) is 0 Å². The lowest BCUT2D eigenvalue weighted by atomic mass is 10.1. The summed E-state index contributed by atoms with van der Waals surface area (Å²) in [6, 6.07) is 7.69. The van der Waals surface area contributed by atoms with Crippen molar-refractivity contribution in [2.24, 2.45) is 4.99 Å². The number of aliphatic carboxylic acids is 1. The number of nitrogens with zero attached hydrogens (tertiary/aromatic N) is 3. The molecule has 2 atom stereocenters. The highest BCUT2D eigenvalue weighted by Crippen LogP contribution is 2.30. The number of allylic oxidation sites excluding steroid dienone is 1. The fourth-order valence-electron chi connectivity index (χ4n) is 1.97. The summed E-state index contributed by atoms with van der Waals surface area (Å²) in [7, 11) is 2.33. The van der Waals surface area contributed by atoms with Crippen molar-refractivity contribution in [3.8, 4) is 0 Å². The molecular weight excluding hydrogens is 354 g/mol. The average Bonchev–Trinajstić information content (AvgIpc) is 2.58. The number of hydrogen-bond donors (Lipinski definition) is 1. The predicted molar refractivity (Wildman–Crippen MR) is 89.2 cm³/mol. The molecule has 0 spiro atoms. The van der Waals surface area contributed by atoms with E-state index in [4.69, 9.17) is 0 Å². The Hall–Kier alpha value is -2.60. The molecule has 1 aromatic carbocycles. The van der Waals surface area contributed by atoms with Gasteiger partial charge in [0.1, 0.15) is 0 Å². The van der Waals surface area contributed by atoms with Crippen LogP contribution >= 0.6 is 9.24 Å². The SMILES string of the molecule is O=C(O)C(N=C(/C=C\P)c1ccccc1)c1cc(C(F)(F)F)cnn1. The van der Waals surface area contributed by atoms with Crippen LogP contribution in [0.5, 0.6) is 0 Å². The number of hydrogen-bond acceptors (Lipinski definition) is 4. The van der Waals surface area contributed by atoms with Gasteiger partial charge in [0.2, 0.25) is 0 Å². The first-order valence-electron chi connectivity index (χ1n) is 6.97. The van der Waals surface area contributed by atoms with Gasteiger partial charge in [-0.15, -0.1) is 9.24 Å². The minimum Gasteiger partial charge on any atom is -0.479 e. The van der Waals surface area contributed by atoms with E-state index < -0.39 is 29.4 Å². The van der Waals surface area contributed by atoms with Crippen LogP contribution in [0, 0.1) is 0 Å². The van der Waals surface area contributed by atoms with Crippen molar-refractivity contribution in [3.05, 3.63) is 71.3 Å². The van der Waals surface area contributed by atoms with Crippen LogP contribution in [0.25, 0.3) is 0 Å². The van der Waals surface area contributed by atoms with Crippen molar-refractivity contribution in [2.45, 2.75) is 12.2 Å². The van der Waals surface area contributed by atoms with E-state index in [9.17, 15) is 23.1 Å². The number of aliphatic imine (C=N–C) groups is 1. The van der Waals surface area contributed by atoms with Gasteiger partial charge in [0, 0.05) is 0 Å². The Bertz CT molecular complexity index is 808. The molecule has 0 radical (unpaired) electrons. The third-order valence-corrected chi connectivity index (χ3v) is 3.30. The molecular formula is C16H13F3N3O2P. The molecule has 0 fully saturated rings. The van der Waals surface area contributed by atoms with Crippen molar-refractivity contribution < 1.29 is 23.1 Å². The Balaban J connectivity index is 2.52. The van der Waals surface area contributed by atoms with Crippen LogP contribution in [0.15, 0.2) is 59.5 Å². The van der Waals surface area contributed by atoms with E-state index in [0.717, 1.165) is 0 Å². The second-order valence-electron chi connectivity index (χ2n) is 4.85. The quantitative estimate of drug-likeness (QED) is 0.648. The van der Waals surface area contributed by atoms with Crippen LogP contribution in [0.4, 0.5) is 13.2 Å². The summed E-state index contributed by atoms with van der Waals surface area (Å²) in [4.78, 5) is 15.6. The maximum Gasteiger partial charge on any atom is 0.418 e. The number of benzene rings is 1. The van der Waals surface area contributed by atoms with Crippen LogP contribution in [0.3, 0.4) is 0 Å². The highest BCUT2D eigenvalue weighted by Gasteiger charge is 2.33. The molecule has 0 saturated heterocycles. The summed E-state index contributed by atoms with van der Waals surface area (Å²) in [5.74, 6) is 0.141.